The summed E-state index contributed by atoms with van der Waals surface area (Å²) in [7, 11) is 0. The number of ether oxygens (including phenoxy) is 1. The van der Waals surface area contributed by atoms with Crippen LogP contribution in [0.2, 0.25) is 0 Å². The van der Waals surface area contributed by atoms with Crippen molar-refractivity contribution in [3.63, 3.8) is 0 Å². The lowest BCUT2D eigenvalue weighted by Crippen LogP contribution is -2.36. The number of carbonyl (C=O) groups excluding carboxylic acids is 1. The van der Waals surface area contributed by atoms with Crippen molar-refractivity contribution in [1.82, 2.24) is 5.32 Å². The third kappa shape index (κ3) is 2.96. The van der Waals surface area contributed by atoms with Crippen LogP contribution in [0.15, 0.2) is 18.2 Å². The van der Waals surface area contributed by atoms with Gasteiger partial charge in [0, 0.05) is 6.54 Å². The van der Waals surface area contributed by atoms with Crippen molar-refractivity contribution in [1.29, 1.82) is 0 Å². The Bertz CT molecular complexity index is 411. The van der Waals surface area contributed by atoms with E-state index >= 15 is 0 Å². The molecular formula is C12H15ClFNO2. The van der Waals surface area contributed by atoms with Gasteiger partial charge in [0.15, 0.2) is 0 Å². The summed E-state index contributed by atoms with van der Waals surface area (Å²) in [6.07, 6.45) is 0.739. The van der Waals surface area contributed by atoms with E-state index in [-0.39, 0.29) is 24.2 Å². The van der Waals surface area contributed by atoms with Gasteiger partial charge < -0.3 is 10.1 Å². The molecule has 0 aromatic heterocycles. The number of rotatable bonds is 2. The first-order chi connectivity index (χ1) is 7.72. The number of hydrogen-bond donors (Lipinski definition) is 1. The van der Waals surface area contributed by atoms with E-state index in [1.54, 1.807) is 13.0 Å². The lowest BCUT2D eigenvalue weighted by molar-refractivity contribution is -0.146. The quantitative estimate of drug-likeness (QED) is 0.826. The molecule has 5 heteroatoms. The van der Waals surface area contributed by atoms with Crippen LogP contribution in [0.5, 0.6) is 0 Å². The first-order valence-corrected chi connectivity index (χ1v) is 5.40. The summed E-state index contributed by atoms with van der Waals surface area (Å²) in [6, 6.07) is 4.06. The second-order valence-corrected chi connectivity index (χ2v) is 3.73. The molecule has 0 radical (unpaired) electrons. The minimum Gasteiger partial charge on any atom is -0.465 e. The van der Waals surface area contributed by atoms with E-state index in [1.807, 2.05) is 0 Å². The van der Waals surface area contributed by atoms with Gasteiger partial charge in [-0.05, 0) is 36.6 Å². The van der Waals surface area contributed by atoms with Gasteiger partial charge in [0.25, 0.3) is 0 Å². The molecule has 0 fully saturated rings. The molecule has 1 aromatic rings. The summed E-state index contributed by atoms with van der Waals surface area (Å²) in [4.78, 5) is 11.7. The zero-order chi connectivity index (χ0) is 11.5. The van der Waals surface area contributed by atoms with E-state index in [9.17, 15) is 9.18 Å². The number of hydrogen-bond acceptors (Lipinski definition) is 3. The molecule has 0 amide bonds. The maximum atomic E-state index is 13.0. The van der Waals surface area contributed by atoms with E-state index < -0.39 is 6.04 Å². The lowest BCUT2D eigenvalue weighted by atomic mass is 9.94. The first-order valence-electron chi connectivity index (χ1n) is 5.40. The van der Waals surface area contributed by atoms with Crippen LogP contribution in [0, 0.1) is 5.82 Å². The largest absolute Gasteiger partial charge is 0.465 e. The van der Waals surface area contributed by atoms with E-state index in [4.69, 9.17) is 4.74 Å². The number of esters is 1. The smallest absolute Gasteiger partial charge is 0.327 e. The zero-order valence-corrected chi connectivity index (χ0v) is 10.3. The van der Waals surface area contributed by atoms with E-state index in [0.29, 0.717) is 13.2 Å². The van der Waals surface area contributed by atoms with Gasteiger partial charge in [-0.1, -0.05) is 6.07 Å². The Morgan fingerprint density at radius 2 is 2.35 bits per heavy atom. The molecule has 1 aliphatic rings. The van der Waals surface area contributed by atoms with E-state index in [1.165, 1.54) is 12.1 Å². The van der Waals surface area contributed by atoms with Crippen molar-refractivity contribution in [2.24, 2.45) is 0 Å². The number of benzene rings is 1. The Hall–Kier alpha value is -1.13. The van der Waals surface area contributed by atoms with Gasteiger partial charge in [-0.15, -0.1) is 12.4 Å². The highest BCUT2D eigenvalue weighted by Crippen LogP contribution is 2.24. The van der Waals surface area contributed by atoms with Crippen molar-refractivity contribution < 1.29 is 13.9 Å². The van der Waals surface area contributed by atoms with Gasteiger partial charge in [0.05, 0.1) is 6.61 Å². The van der Waals surface area contributed by atoms with Crippen molar-refractivity contribution in [3.8, 4) is 0 Å². The van der Waals surface area contributed by atoms with Crippen LogP contribution < -0.4 is 5.32 Å². The summed E-state index contributed by atoms with van der Waals surface area (Å²) in [5.74, 6) is -0.557. The maximum Gasteiger partial charge on any atom is 0.327 e. The third-order valence-corrected chi connectivity index (χ3v) is 2.68. The molecule has 1 aromatic carbocycles. The molecule has 0 saturated carbocycles. The van der Waals surface area contributed by atoms with Crippen LogP contribution in [0.3, 0.4) is 0 Å². The Kier molecular flexibility index (Phi) is 4.90. The molecular weight excluding hydrogens is 245 g/mol. The highest BCUT2D eigenvalue weighted by atomic mass is 35.5. The summed E-state index contributed by atoms with van der Waals surface area (Å²) < 4.78 is 18.0. The average molecular weight is 260 g/mol. The minimum absolute atomic E-state index is 0. The fraction of sp³-hybridized carbons (Fsp3) is 0.417. The number of carbonyl (C=O) groups is 1. The van der Waals surface area contributed by atoms with Crippen LogP contribution >= 0.6 is 12.4 Å². The topological polar surface area (TPSA) is 38.3 Å². The van der Waals surface area contributed by atoms with Crippen molar-refractivity contribution in [2.45, 2.75) is 19.4 Å². The Morgan fingerprint density at radius 1 is 1.59 bits per heavy atom. The number of fused-ring (bicyclic) bond motifs is 1. The minimum atomic E-state index is -0.454. The molecule has 94 valence electrons. The van der Waals surface area contributed by atoms with E-state index in [2.05, 4.69) is 5.32 Å². The second-order valence-electron chi connectivity index (χ2n) is 3.73. The molecule has 0 spiro atoms. The normalized spacial score (nSPS) is 17.9. The van der Waals surface area contributed by atoms with Crippen molar-refractivity contribution in [2.75, 3.05) is 13.2 Å². The van der Waals surface area contributed by atoms with Gasteiger partial charge in [-0.3, -0.25) is 0 Å². The molecule has 1 atom stereocenters. The number of nitrogens with one attached hydrogen (secondary N) is 1. The van der Waals surface area contributed by atoms with Crippen LogP contribution in [0.4, 0.5) is 4.39 Å². The molecule has 1 heterocycles. The number of halogens is 2. The maximum absolute atomic E-state index is 13.0. The zero-order valence-electron chi connectivity index (χ0n) is 9.53. The first kappa shape index (κ1) is 13.9. The van der Waals surface area contributed by atoms with E-state index in [0.717, 1.165) is 17.5 Å². The molecule has 2 rings (SSSR count). The second kappa shape index (κ2) is 5.98. The summed E-state index contributed by atoms with van der Waals surface area (Å²) in [6.45, 7) is 2.79. The highest BCUT2D eigenvalue weighted by Gasteiger charge is 2.27. The molecule has 0 saturated heterocycles. The van der Waals surface area contributed by atoms with Gasteiger partial charge in [0.1, 0.15) is 11.9 Å². The Labute approximate surface area is 106 Å². The van der Waals surface area contributed by atoms with Crippen LogP contribution in [-0.4, -0.2) is 19.1 Å². The van der Waals surface area contributed by atoms with Gasteiger partial charge >= 0.3 is 5.97 Å². The fourth-order valence-electron chi connectivity index (χ4n) is 1.97. The predicted molar refractivity (Wildman–Crippen MR) is 64.7 cm³/mol. The average Bonchev–Trinajstić information content (AvgIpc) is 2.28. The Morgan fingerprint density at radius 3 is 3.06 bits per heavy atom. The van der Waals surface area contributed by atoms with Crippen molar-refractivity contribution >= 4 is 18.4 Å². The monoisotopic (exact) mass is 259 g/mol. The molecule has 1 N–H and O–H groups in total. The molecule has 0 aliphatic carbocycles. The molecule has 17 heavy (non-hydrogen) atoms. The molecule has 1 aliphatic heterocycles. The molecule has 3 nitrogen and oxygen atoms in total. The third-order valence-electron chi connectivity index (χ3n) is 2.68. The molecule has 0 bridgehead atoms. The van der Waals surface area contributed by atoms with Gasteiger partial charge in [0.2, 0.25) is 0 Å². The summed E-state index contributed by atoms with van der Waals surface area (Å²) >= 11 is 0. The summed E-state index contributed by atoms with van der Waals surface area (Å²) in [5.41, 5.74) is 1.71. The standard InChI is InChI=1S/C12H14FNO2.ClH/c1-2-16-12(15)11-10-4-3-9(13)7-8(10)5-6-14-11;/h3-4,7,11,14H,2,5-6H2,1H3;1H. The predicted octanol–water partition coefficient (Wildman–Crippen LogP) is 2.00. The van der Waals surface area contributed by atoms with Crippen LogP contribution in [0.25, 0.3) is 0 Å². The lowest BCUT2D eigenvalue weighted by Gasteiger charge is -2.25. The highest BCUT2D eigenvalue weighted by molar-refractivity contribution is 5.85. The Balaban J connectivity index is 0.00000144. The summed E-state index contributed by atoms with van der Waals surface area (Å²) in [5, 5.41) is 3.08. The molecule has 1 unspecified atom stereocenters. The van der Waals surface area contributed by atoms with Crippen LogP contribution in [0.1, 0.15) is 24.1 Å². The SMILES string of the molecule is CCOC(=O)C1NCCc2cc(F)ccc21.Cl. The van der Waals surface area contributed by atoms with Crippen molar-refractivity contribution in [3.05, 3.63) is 35.1 Å². The van der Waals surface area contributed by atoms with Crippen LogP contribution in [-0.2, 0) is 16.0 Å². The van der Waals surface area contributed by atoms with Gasteiger partial charge in [-0.2, -0.15) is 0 Å². The van der Waals surface area contributed by atoms with Gasteiger partial charge in [-0.25, -0.2) is 9.18 Å². The fourth-order valence-corrected chi connectivity index (χ4v) is 1.97.